The van der Waals surface area contributed by atoms with Gasteiger partial charge in [-0.25, -0.2) is 4.98 Å². The first-order valence-corrected chi connectivity index (χ1v) is 5.88. The summed E-state index contributed by atoms with van der Waals surface area (Å²) in [6.45, 7) is 2.32. The first-order valence-electron chi connectivity index (χ1n) is 5.09. The quantitative estimate of drug-likeness (QED) is 0.902. The molecule has 0 amide bonds. The van der Waals surface area contributed by atoms with Gasteiger partial charge in [-0.3, -0.25) is 0 Å². The molecule has 8 heteroatoms. The van der Waals surface area contributed by atoms with Crippen LogP contribution in [0.15, 0.2) is 10.9 Å². The predicted octanol–water partition coefficient (Wildman–Crippen LogP) is 1.65. The van der Waals surface area contributed by atoms with Gasteiger partial charge in [0.05, 0.1) is 19.3 Å². The molecule has 2 rings (SSSR count). The fourth-order valence-corrected chi connectivity index (χ4v) is 2.05. The van der Waals surface area contributed by atoms with Crippen molar-refractivity contribution >= 4 is 15.9 Å². The fourth-order valence-electron chi connectivity index (χ4n) is 1.61. The standard InChI is InChI=1S/C9H11BrF3N3O/c10-8-15-7(9(11,12)13)5-16(8)4-6-3-14-1-2-17-6/h5-6,14H,1-4H2/t6-/m0/s1. The lowest BCUT2D eigenvalue weighted by molar-refractivity contribution is -0.141. The highest BCUT2D eigenvalue weighted by molar-refractivity contribution is 9.10. The molecule has 0 saturated carbocycles. The molecular weight excluding hydrogens is 303 g/mol. The summed E-state index contributed by atoms with van der Waals surface area (Å²) in [6.07, 6.45) is -3.56. The van der Waals surface area contributed by atoms with Gasteiger partial charge in [-0.2, -0.15) is 13.2 Å². The maximum atomic E-state index is 12.4. The number of imidazole rings is 1. The molecule has 1 aliphatic rings. The molecule has 1 aromatic rings. The van der Waals surface area contributed by atoms with Crippen LogP contribution in [0.1, 0.15) is 5.69 Å². The lowest BCUT2D eigenvalue weighted by Gasteiger charge is -2.24. The summed E-state index contributed by atoms with van der Waals surface area (Å²) >= 11 is 3.01. The van der Waals surface area contributed by atoms with Crippen LogP contribution in [-0.2, 0) is 17.5 Å². The van der Waals surface area contributed by atoms with Crippen molar-refractivity contribution in [1.29, 1.82) is 0 Å². The maximum Gasteiger partial charge on any atom is 0.434 e. The van der Waals surface area contributed by atoms with E-state index in [2.05, 4.69) is 26.2 Å². The van der Waals surface area contributed by atoms with E-state index in [1.807, 2.05) is 0 Å². The van der Waals surface area contributed by atoms with Crippen LogP contribution >= 0.6 is 15.9 Å². The third-order valence-corrected chi connectivity index (χ3v) is 3.06. The average molecular weight is 314 g/mol. The first kappa shape index (κ1) is 12.8. The summed E-state index contributed by atoms with van der Waals surface area (Å²) < 4.78 is 44.2. The van der Waals surface area contributed by atoms with Crippen LogP contribution in [0.5, 0.6) is 0 Å². The van der Waals surface area contributed by atoms with Crippen LogP contribution < -0.4 is 5.32 Å². The second kappa shape index (κ2) is 4.95. The Kier molecular flexibility index (Phi) is 3.74. The number of nitrogens with zero attached hydrogens (tertiary/aromatic N) is 2. The van der Waals surface area contributed by atoms with Gasteiger partial charge in [0, 0.05) is 19.3 Å². The minimum Gasteiger partial charge on any atom is -0.374 e. The number of morpholine rings is 1. The van der Waals surface area contributed by atoms with E-state index in [0.29, 0.717) is 19.7 Å². The Bertz CT molecular complexity index is 387. The van der Waals surface area contributed by atoms with Gasteiger partial charge in [0.2, 0.25) is 0 Å². The van der Waals surface area contributed by atoms with Crippen molar-refractivity contribution < 1.29 is 17.9 Å². The monoisotopic (exact) mass is 313 g/mol. The van der Waals surface area contributed by atoms with Gasteiger partial charge >= 0.3 is 6.18 Å². The van der Waals surface area contributed by atoms with Crippen LogP contribution in [0.2, 0.25) is 0 Å². The lowest BCUT2D eigenvalue weighted by Crippen LogP contribution is -2.40. The molecule has 96 valence electrons. The molecule has 2 heterocycles. The number of ether oxygens (including phenoxy) is 1. The van der Waals surface area contributed by atoms with Gasteiger partial charge in [-0.1, -0.05) is 0 Å². The molecule has 1 atom stereocenters. The molecule has 17 heavy (non-hydrogen) atoms. The van der Waals surface area contributed by atoms with Gasteiger partial charge < -0.3 is 14.6 Å². The Morgan fingerprint density at radius 2 is 2.35 bits per heavy atom. The normalized spacial score (nSPS) is 21.8. The third kappa shape index (κ3) is 3.20. The molecule has 0 aromatic carbocycles. The lowest BCUT2D eigenvalue weighted by atomic mass is 10.3. The molecule has 1 aromatic heterocycles. The molecule has 1 saturated heterocycles. The molecule has 4 nitrogen and oxygen atoms in total. The summed E-state index contributed by atoms with van der Waals surface area (Å²) in [4.78, 5) is 3.43. The molecule has 0 bridgehead atoms. The third-order valence-electron chi connectivity index (χ3n) is 2.42. The van der Waals surface area contributed by atoms with Crippen molar-refractivity contribution in [2.45, 2.75) is 18.8 Å². The molecular formula is C9H11BrF3N3O. The molecule has 0 unspecified atom stereocenters. The Morgan fingerprint density at radius 1 is 1.59 bits per heavy atom. The van der Waals surface area contributed by atoms with Gasteiger partial charge in [-0.05, 0) is 15.9 Å². The number of hydrogen-bond donors (Lipinski definition) is 1. The van der Waals surface area contributed by atoms with Gasteiger partial charge in [-0.15, -0.1) is 0 Å². The summed E-state index contributed by atoms with van der Waals surface area (Å²) in [5.41, 5.74) is -0.895. The zero-order valence-electron chi connectivity index (χ0n) is 8.80. The number of rotatable bonds is 2. The zero-order chi connectivity index (χ0) is 12.5. The van der Waals surface area contributed by atoms with Crippen molar-refractivity contribution in [3.05, 3.63) is 16.6 Å². The van der Waals surface area contributed by atoms with Crippen LogP contribution in [0, 0.1) is 0 Å². The SMILES string of the molecule is FC(F)(F)c1cn(C[C@@H]2CNCCO2)c(Br)n1. The van der Waals surface area contributed by atoms with E-state index >= 15 is 0 Å². The van der Waals surface area contributed by atoms with Gasteiger partial charge in [0.1, 0.15) is 0 Å². The largest absolute Gasteiger partial charge is 0.434 e. The van der Waals surface area contributed by atoms with Crippen molar-refractivity contribution in [3.63, 3.8) is 0 Å². The van der Waals surface area contributed by atoms with Gasteiger partial charge in [0.15, 0.2) is 10.4 Å². The van der Waals surface area contributed by atoms with E-state index in [9.17, 15) is 13.2 Å². The van der Waals surface area contributed by atoms with Crippen molar-refractivity contribution in [2.75, 3.05) is 19.7 Å². The van der Waals surface area contributed by atoms with Crippen LogP contribution in [0.25, 0.3) is 0 Å². The summed E-state index contributed by atoms with van der Waals surface area (Å²) in [5, 5.41) is 3.12. The predicted molar refractivity (Wildman–Crippen MR) is 57.5 cm³/mol. The van der Waals surface area contributed by atoms with E-state index in [1.165, 1.54) is 4.57 Å². The Labute approximate surface area is 104 Å². The number of nitrogens with one attached hydrogen (secondary N) is 1. The minimum absolute atomic E-state index is 0.129. The maximum absolute atomic E-state index is 12.4. The highest BCUT2D eigenvalue weighted by atomic mass is 79.9. The van der Waals surface area contributed by atoms with Crippen molar-refractivity contribution in [1.82, 2.24) is 14.9 Å². The molecule has 0 aliphatic carbocycles. The van der Waals surface area contributed by atoms with Crippen LogP contribution in [0.3, 0.4) is 0 Å². The molecule has 0 spiro atoms. The smallest absolute Gasteiger partial charge is 0.374 e. The van der Waals surface area contributed by atoms with E-state index in [0.717, 1.165) is 12.7 Å². The van der Waals surface area contributed by atoms with E-state index in [4.69, 9.17) is 4.74 Å². The van der Waals surface area contributed by atoms with E-state index in [1.54, 1.807) is 0 Å². The summed E-state index contributed by atoms with van der Waals surface area (Å²) in [6, 6.07) is 0. The minimum atomic E-state index is -4.42. The summed E-state index contributed by atoms with van der Waals surface area (Å²) in [5.74, 6) is 0. The number of halogens is 4. The zero-order valence-corrected chi connectivity index (χ0v) is 10.4. The average Bonchev–Trinajstić information content (AvgIpc) is 2.62. The van der Waals surface area contributed by atoms with Crippen molar-refractivity contribution in [2.24, 2.45) is 0 Å². The topological polar surface area (TPSA) is 39.1 Å². The molecule has 0 radical (unpaired) electrons. The number of aromatic nitrogens is 2. The number of hydrogen-bond acceptors (Lipinski definition) is 3. The van der Waals surface area contributed by atoms with Crippen molar-refractivity contribution in [3.8, 4) is 0 Å². The molecule has 1 aliphatic heterocycles. The van der Waals surface area contributed by atoms with E-state index in [-0.39, 0.29) is 10.8 Å². The highest BCUT2D eigenvalue weighted by Gasteiger charge is 2.34. The first-order chi connectivity index (χ1) is 7.97. The Hall–Kier alpha value is -0.600. The van der Waals surface area contributed by atoms with Crippen LogP contribution in [0.4, 0.5) is 13.2 Å². The fraction of sp³-hybridized carbons (Fsp3) is 0.667. The molecule has 1 fully saturated rings. The highest BCUT2D eigenvalue weighted by Crippen LogP contribution is 2.29. The molecule has 1 N–H and O–H groups in total. The van der Waals surface area contributed by atoms with E-state index < -0.39 is 11.9 Å². The summed E-state index contributed by atoms with van der Waals surface area (Å²) in [7, 11) is 0. The second-order valence-corrected chi connectivity index (χ2v) is 4.45. The number of alkyl halides is 3. The Balaban J connectivity index is 2.07. The second-order valence-electron chi connectivity index (χ2n) is 3.74. The van der Waals surface area contributed by atoms with Crippen LogP contribution in [-0.4, -0.2) is 35.4 Å². The van der Waals surface area contributed by atoms with Gasteiger partial charge in [0.25, 0.3) is 0 Å². The Morgan fingerprint density at radius 3 is 2.88 bits per heavy atom.